The average molecular weight is 542 g/mol. The summed E-state index contributed by atoms with van der Waals surface area (Å²) in [7, 11) is 0. The van der Waals surface area contributed by atoms with E-state index in [9.17, 15) is 0 Å². The molecule has 0 aromatic heterocycles. The van der Waals surface area contributed by atoms with Crippen LogP contribution in [-0.4, -0.2) is 0 Å². The lowest BCUT2D eigenvalue weighted by molar-refractivity contribution is -0.140. The average Bonchev–Trinajstić information content (AvgIpc) is 3.33. The second-order valence-electron chi connectivity index (χ2n) is 13.9. The predicted octanol–water partition coefficient (Wildman–Crippen LogP) is 10.5. The number of fused-ring (bicyclic) bond motifs is 3. The van der Waals surface area contributed by atoms with Crippen LogP contribution in [0.3, 0.4) is 0 Å². The molecule has 6 atom stereocenters. The van der Waals surface area contributed by atoms with E-state index < -0.39 is 0 Å². The molecule has 11 rings (SSSR count). The number of para-hydroxylation sites is 1. The van der Waals surface area contributed by atoms with E-state index in [2.05, 4.69) is 132 Å². The third kappa shape index (κ3) is 2.80. The molecule has 204 valence electrons. The maximum atomic E-state index is 2.56. The molecule has 6 aliphatic rings. The fourth-order valence-electron chi connectivity index (χ4n) is 11.2. The van der Waals surface area contributed by atoms with Crippen molar-refractivity contribution in [3.05, 3.63) is 139 Å². The largest absolute Gasteiger partial charge is 0.310 e. The lowest BCUT2D eigenvalue weighted by atomic mass is 9.36. The normalized spacial score (nSPS) is 30.6. The van der Waals surface area contributed by atoms with Gasteiger partial charge in [0, 0.05) is 22.5 Å². The Labute approximate surface area is 248 Å². The molecule has 5 aromatic carbocycles. The summed E-state index contributed by atoms with van der Waals surface area (Å²) in [6, 6.07) is 47.7. The van der Waals surface area contributed by atoms with E-state index >= 15 is 0 Å². The highest BCUT2D eigenvalue weighted by Crippen LogP contribution is 2.84. The van der Waals surface area contributed by atoms with Crippen LogP contribution in [0.1, 0.15) is 43.2 Å². The number of hydrogen-bond donors (Lipinski definition) is 0. The van der Waals surface area contributed by atoms with Gasteiger partial charge in [0.2, 0.25) is 0 Å². The van der Waals surface area contributed by atoms with Crippen molar-refractivity contribution in [2.24, 2.45) is 29.1 Å². The summed E-state index contributed by atoms with van der Waals surface area (Å²) in [6.07, 6.45) is 7.34. The Balaban J connectivity index is 1.14. The Morgan fingerprint density at radius 1 is 0.524 bits per heavy atom. The Morgan fingerprint density at radius 2 is 1.19 bits per heavy atom. The fraction of sp³-hybridized carbons (Fsp3) is 0.268. The van der Waals surface area contributed by atoms with E-state index in [1.165, 1.54) is 71.4 Å². The van der Waals surface area contributed by atoms with Crippen molar-refractivity contribution in [3.63, 3.8) is 0 Å². The van der Waals surface area contributed by atoms with Crippen molar-refractivity contribution in [1.82, 2.24) is 0 Å². The molecule has 1 heteroatoms. The second-order valence-corrected chi connectivity index (χ2v) is 13.9. The first-order valence-electron chi connectivity index (χ1n) is 16.0. The molecule has 6 unspecified atom stereocenters. The van der Waals surface area contributed by atoms with Crippen molar-refractivity contribution >= 4 is 17.1 Å². The summed E-state index contributed by atoms with van der Waals surface area (Å²) in [5.74, 6) is 3.72. The van der Waals surface area contributed by atoms with Gasteiger partial charge < -0.3 is 4.90 Å². The van der Waals surface area contributed by atoms with Gasteiger partial charge in [0.1, 0.15) is 0 Å². The topological polar surface area (TPSA) is 3.24 Å². The van der Waals surface area contributed by atoms with Gasteiger partial charge in [0.25, 0.3) is 0 Å². The number of benzene rings is 5. The highest BCUT2D eigenvalue weighted by molar-refractivity contribution is 5.88. The summed E-state index contributed by atoms with van der Waals surface area (Å²) in [6.45, 7) is 0. The van der Waals surface area contributed by atoms with Crippen LogP contribution in [-0.2, 0) is 5.41 Å². The summed E-state index contributed by atoms with van der Waals surface area (Å²) in [5.41, 5.74) is 13.1. The van der Waals surface area contributed by atoms with Gasteiger partial charge in [0.05, 0.1) is 0 Å². The third-order valence-corrected chi connectivity index (χ3v) is 12.3. The fourth-order valence-corrected chi connectivity index (χ4v) is 11.2. The van der Waals surface area contributed by atoms with Gasteiger partial charge in [-0.15, -0.1) is 0 Å². The maximum Gasteiger partial charge on any atom is 0.0468 e. The molecule has 0 amide bonds. The van der Waals surface area contributed by atoms with Crippen LogP contribution in [0.15, 0.2) is 127 Å². The number of anilines is 3. The molecule has 1 nitrogen and oxygen atoms in total. The minimum absolute atomic E-state index is 0.227. The standard InChI is InChI=1S/C41H35N/c1-3-9-28(10-4-1)29-15-17-33(18-16-29)42(32-11-5-2-6-12-32)34-19-20-38-36(24-34)35-13-7-8-14-37(35)41(38)31-22-27-21-30-26-40(41,25-27)39(30)23-31/h1-20,24,27,30-31,39H,21-23,25-26H2. The summed E-state index contributed by atoms with van der Waals surface area (Å²) >= 11 is 0. The Hall–Kier alpha value is -4.10. The van der Waals surface area contributed by atoms with E-state index in [0.717, 1.165) is 23.7 Å². The molecule has 6 aliphatic carbocycles. The summed E-state index contributed by atoms with van der Waals surface area (Å²) < 4.78 is 0. The minimum atomic E-state index is 0.227. The molecule has 0 N–H and O–H groups in total. The highest BCUT2D eigenvalue weighted by atomic mass is 15.1. The monoisotopic (exact) mass is 541 g/mol. The number of hydrogen-bond acceptors (Lipinski definition) is 1. The minimum Gasteiger partial charge on any atom is -0.310 e. The molecular formula is C41H35N. The number of rotatable bonds is 4. The molecule has 0 heterocycles. The molecule has 2 spiro atoms. The zero-order chi connectivity index (χ0) is 27.5. The summed E-state index contributed by atoms with van der Waals surface area (Å²) in [5, 5.41) is 0. The molecule has 4 bridgehead atoms. The smallest absolute Gasteiger partial charge is 0.0468 e. The lowest BCUT2D eigenvalue weighted by Crippen LogP contribution is -2.62. The molecular weight excluding hydrogens is 506 g/mol. The quantitative estimate of drug-likeness (QED) is 0.219. The van der Waals surface area contributed by atoms with Gasteiger partial charge in [-0.25, -0.2) is 0 Å². The Kier molecular flexibility index (Phi) is 4.61. The van der Waals surface area contributed by atoms with Crippen LogP contribution in [0.4, 0.5) is 17.1 Å². The second kappa shape index (κ2) is 8.26. The lowest BCUT2D eigenvalue weighted by Gasteiger charge is -2.67. The number of nitrogens with zero attached hydrogens (tertiary/aromatic N) is 1. The molecule has 0 saturated heterocycles. The molecule has 0 radical (unpaired) electrons. The van der Waals surface area contributed by atoms with Crippen LogP contribution >= 0.6 is 0 Å². The molecule has 5 saturated carbocycles. The SMILES string of the molecule is c1ccc(-c2ccc(N(c3ccccc3)c3ccc4c(c3)-c3ccccc3C43C4CC5CC6CC3(C5)C6C4)cc2)cc1. The first-order valence-corrected chi connectivity index (χ1v) is 16.0. The zero-order valence-corrected chi connectivity index (χ0v) is 23.9. The van der Waals surface area contributed by atoms with Crippen LogP contribution < -0.4 is 4.90 Å². The molecule has 5 aromatic rings. The predicted molar refractivity (Wildman–Crippen MR) is 172 cm³/mol. The van der Waals surface area contributed by atoms with Crippen LogP contribution in [0.25, 0.3) is 22.3 Å². The first-order chi connectivity index (χ1) is 20.8. The Morgan fingerprint density at radius 3 is 2.02 bits per heavy atom. The van der Waals surface area contributed by atoms with Gasteiger partial charge in [-0.2, -0.15) is 0 Å². The van der Waals surface area contributed by atoms with Gasteiger partial charge in [0.15, 0.2) is 0 Å². The first kappa shape index (κ1) is 23.5. The van der Waals surface area contributed by atoms with E-state index in [1.807, 2.05) is 0 Å². The van der Waals surface area contributed by atoms with Gasteiger partial charge >= 0.3 is 0 Å². The van der Waals surface area contributed by atoms with Crippen LogP contribution in [0.2, 0.25) is 0 Å². The van der Waals surface area contributed by atoms with Crippen molar-refractivity contribution in [1.29, 1.82) is 0 Å². The van der Waals surface area contributed by atoms with Gasteiger partial charge in [-0.1, -0.05) is 91.0 Å². The van der Waals surface area contributed by atoms with E-state index in [0.29, 0.717) is 5.41 Å². The van der Waals surface area contributed by atoms with Crippen LogP contribution in [0, 0.1) is 29.1 Å². The zero-order valence-electron chi connectivity index (χ0n) is 23.9. The van der Waals surface area contributed by atoms with E-state index in [-0.39, 0.29) is 5.41 Å². The third-order valence-electron chi connectivity index (χ3n) is 12.3. The molecule has 42 heavy (non-hydrogen) atoms. The van der Waals surface area contributed by atoms with Gasteiger partial charge in [-0.3, -0.25) is 0 Å². The Bertz CT molecular complexity index is 1840. The van der Waals surface area contributed by atoms with E-state index in [1.54, 1.807) is 11.1 Å². The van der Waals surface area contributed by atoms with Crippen LogP contribution in [0.5, 0.6) is 0 Å². The van der Waals surface area contributed by atoms with Crippen molar-refractivity contribution in [2.75, 3.05) is 4.90 Å². The maximum absolute atomic E-state index is 2.56. The van der Waals surface area contributed by atoms with Gasteiger partial charge in [-0.05, 0) is 131 Å². The van der Waals surface area contributed by atoms with Crippen molar-refractivity contribution in [3.8, 4) is 22.3 Å². The van der Waals surface area contributed by atoms with Crippen molar-refractivity contribution < 1.29 is 0 Å². The molecule has 0 aliphatic heterocycles. The highest BCUT2D eigenvalue weighted by Gasteiger charge is 2.78. The molecule has 5 fully saturated rings. The summed E-state index contributed by atoms with van der Waals surface area (Å²) in [4.78, 5) is 2.44. The van der Waals surface area contributed by atoms with Crippen molar-refractivity contribution in [2.45, 2.75) is 37.5 Å². The van der Waals surface area contributed by atoms with E-state index in [4.69, 9.17) is 0 Å².